The molecule has 2 aromatic carbocycles. The lowest BCUT2D eigenvalue weighted by atomic mass is 10.2. The predicted molar refractivity (Wildman–Crippen MR) is 103 cm³/mol. The van der Waals surface area contributed by atoms with Gasteiger partial charge < -0.3 is 15.8 Å². The predicted octanol–water partition coefficient (Wildman–Crippen LogP) is 4.39. The van der Waals surface area contributed by atoms with Gasteiger partial charge in [-0.1, -0.05) is 12.1 Å². The lowest BCUT2D eigenvalue weighted by Crippen LogP contribution is -2.13. The number of hydrogen-bond donors (Lipinski definition) is 4. The zero-order chi connectivity index (χ0) is 18.7. The lowest BCUT2D eigenvalue weighted by molar-refractivity contribution is 0.100. The van der Waals surface area contributed by atoms with Crippen molar-refractivity contribution in [1.29, 1.82) is 0 Å². The minimum atomic E-state index is -0.582. The molecular formula is C18H19N5O2S. The molecule has 0 aliphatic carbocycles. The number of H-pyrrole nitrogens is 1. The Hall–Kier alpha value is -2.84. The minimum Gasteiger partial charge on any atom is -0.493 e. The summed E-state index contributed by atoms with van der Waals surface area (Å²) in [6, 6.07) is 12.7. The van der Waals surface area contributed by atoms with E-state index in [1.54, 1.807) is 24.3 Å². The molecule has 8 heteroatoms. The van der Waals surface area contributed by atoms with Crippen LogP contribution in [0.2, 0.25) is 0 Å². The third-order valence-electron chi connectivity index (χ3n) is 3.56. The summed E-state index contributed by atoms with van der Waals surface area (Å²) in [6.45, 7) is 4.12. The highest BCUT2D eigenvalue weighted by Gasteiger charge is 2.12. The first-order valence-electron chi connectivity index (χ1n) is 8.03. The number of nitrogens with zero attached hydrogens (tertiary/aromatic N) is 2. The second kappa shape index (κ2) is 7.59. The number of aromatic nitrogens is 1. The number of fused-ring (bicyclic) bond motifs is 1. The summed E-state index contributed by atoms with van der Waals surface area (Å²) in [7, 11) is 0. The van der Waals surface area contributed by atoms with Gasteiger partial charge in [0.15, 0.2) is 5.69 Å². The van der Waals surface area contributed by atoms with Crippen LogP contribution in [0.25, 0.3) is 10.9 Å². The zero-order valence-electron chi connectivity index (χ0n) is 14.4. The van der Waals surface area contributed by atoms with E-state index in [4.69, 9.17) is 5.73 Å². The highest BCUT2D eigenvalue weighted by atomic mass is 32.2. The molecule has 0 spiro atoms. The number of carbonyl (C=O) groups is 1. The number of aromatic hydroxyl groups is 1. The first-order chi connectivity index (χ1) is 12.5. The van der Waals surface area contributed by atoms with Crippen LogP contribution in [-0.4, -0.2) is 22.0 Å². The summed E-state index contributed by atoms with van der Waals surface area (Å²) >= 11 is 1.50. The van der Waals surface area contributed by atoms with Gasteiger partial charge in [-0.05, 0) is 56.1 Å². The number of primary amides is 1. The Balaban J connectivity index is 1.98. The summed E-state index contributed by atoms with van der Waals surface area (Å²) in [6.07, 6.45) is 0. The Kier molecular flexibility index (Phi) is 5.24. The molecule has 26 heavy (non-hydrogen) atoms. The van der Waals surface area contributed by atoms with Crippen LogP contribution in [0.3, 0.4) is 0 Å². The van der Waals surface area contributed by atoms with Gasteiger partial charge in [-0.3, -0.25) is 9.52 Å². The van der Waals surface area contributed by atoms with Crippen molar-refractivity contribution in [2.45, 2.75) is 24.8 Å². The average molecular weight is 369 g/mol. The Morgan fingerprint density at radius 1 is 1.23 bits per heavy atom. The fraction of sp³-hybridized carbons (Fsp3) is 0.167. The maximum Gasteiger partial charge on any atom is 0.250 e. The minimum absolute atomic E-state index is 0.0840. The molecule has 1 amide bonds. The van der Waals surface area contributed by atoms with Gasteiger partial charge >= 0.3 is 0 Å². The summed E-state index contributed by atoms with van der Waals surface area (Å²) in [5, 5.41) is 19.2. The fourth-order valence-corrected chi connectivity index (χ4v) is 3.05. The monoisotopic (exact) mass is 369 g/mol. The van der Waals surface area contributed by atoms with Gasteiger partial charge in [-0.15, -0.1) is 10.2 Å². The molecular weight excluding hydrogens is 350 g/mol. The Morgan fingerprint density at radius 2 is 2.00 bits per heavy atom. The number of hydrogen-bond acceptors (Lipinski definition) is 6. The number of nitrogens with two attached hydrogens (primary N) is 1. The smallest absolute Gasteiger partial charge is 0.250 e. The summed E-state index contributed by atoms with van der Waals surface area (Å²) in [5.74, 6) is -0.666. The van der Waals surface area contributed by atoms with E-state index >= 15 is 0 Å². The van der Waals surface area contributed by atoms with Crippen LogP contribution in [0, 0.1) is 0 Å². The van der Waals surface area contributed by atoms with E-state index in [0.717, 1.165) is 15.8 Å². The molecule has 134 valence electrons. The number of carbonyl (C=O) groups excluding carboxylic acids is 1. The Labute approximate surface area is 154 Å². The van der Waals surface area contributed by atoms with Crippen molar-refractivity contribution in [2.24, 2.45) is 16.0 Å². The quantitative estimate of drug-likeness (QED) is 0.381. The van der Waals surface area contributed by atoms with Crippen LogP contribution in [0.5, 0.6) is 5.88 Å². The largest absolute Gasteiger partial charge is 0.493 e. The van der Waals surface area contributed by atoms with Crippen molar-refractivity contribution in [2.75, 3.05) is 0 Å². The fourth-order valence-electron chi connectivity index (χ4n) is 2.37. The van der Waals surface area contributed by atoms with Gasteiger partial charge in [0, 0.05) is 16.3 Å². The number of azo groups is 1. The third kappa shape index (κ3) is 3.87. The van der Waals surface area contributed by atoms with E-state index in [2.05, 4.69) is 33.8 Å². The van der Waals surface area contributed by atoms with Crippen LogP contribution in [0.4, 0.5) is 11.4 Å². The Morgan fingerprint density at radius 3 is 2.73 bits per heavy atom. The van der Waals surface area contributed by atoms with Gasteiger partial charge in [0.1, 0.15) is 0 Å². The Bertz CT molecular complexity index is 981. The molecule has 0 atom stereocenters. The normalized spacial score (nSPS) is 11.7. The van der Waals surface area contributed by atoms with Gasteiger partial charge in [0.25, 0.3) is 5.91 Å². The first-order valence-corrected chi connectivity index (χ1v) is 8.85. The molecule has 3 rings (SSSR count). The van der Waals surface area contributed by atoms with Crippen molar-refractivity contribution in [3.8, 4) is 5.88 Å². The average Bonchev–Trinajstić information content (AvgIpc) is 2.92. The third-order valence-corrected chi connectivity index (χ3v) is 4.64. The molecule has 0 saturated carbocycles. The maximum atomic E-state index is 11.5. The molecule has 0 bridgehead atoms. The zero-order valence-corrected chi connectivity index (χ0v) is 15.2. The molecule has 1 aromatic heterocycles. The lowest BCUT2D eigenvalue weighted by Gasteiger charge is -2.06. The highest BCUT2D eigenvalue weighted by molar-refractivity contribution is 7.97. The highest BCUT2D eigenvalue weighted by Crippen LogP contribution is 2.38. The van der Waals surface area contributed by atoms with Crippen LogP contribution in [0.15, 0.2) is 57.6 Å². The van der Waals surface area contributed by atoms with Crippen molar-refractivity contribution in [3.05, 3.63) is 48.0 Å². The van der Waals surface area contributed by atoms with Crippen molar-refractivity contribution < 1.29 is 9.90 Å². The number of nitrogens with one attached hydrogen (secondary N) is 2. The number of rotatable bonds is 6. The number of amides is 1. The van der Waals surface area contributed by atoms with Crippen molar-refractivity contribution >= 4 is 40.1 Å². The van der Waals surface area contributed by atoms with E-state index in [0.29, 0.717) is 17.4 Å². The molecule has 0 radical (unpaired) electrons. The van der Waals surface area contributed by atoms with Gasteiger partial charge in [-0.2, -0.15) is 0 Å². The molecule has 5 N–H and O–H groups in total. The van der Waals surface area contributed by atoms with E-state index in [-0.39, 0.29) is 11.4 Å². The summed E-state index contributed by atoms with van der Waals surface area (Å²) in [5.41, 5.74) is 7.03. The molecule has 1 heterocycles. The molecule has 0 unspecified atom stereocenters. The standard InChI is InChI=1S/C18H19N5O2S/c1-10(2)23-26-11-7-8-14-13(9-11)16(18(25)20-14)22-21-15-6-4-3-5-12(15)17(19)24/h3-10,20,23,25H,1-2H3,(H2,19,24). The van der Waals surface area contributed by atoms with E-state index in [1.807, 2.05) is 18.2 Å². The molecule has 0 aliphatic heterocycles. The van der Waals surface area contributed by atoms with Crippen LogP contribution < -0.4 is 10.5 Å². The van der Waals surface area contributed by atoms with Crippen LogP contribution >= 0.6 is 11.9 Å². The molecule has 7 nitrogen and oxygen atoms in total. The van der Waals surface area contributed by atoms with Crippen molar-refractivity contribution in [3.63, 3.8) is 0 Å². The van der Waals surface area contributed by atoms with E-state index < -0.39 is 5.91 Å². The van der Waals surface area contributed by atoms with Crippen LogP contribution in [0.1, 0.15) is 24.2 Å². The van der Waals surface area contributed by atoms with E-state index in [1.165, 1.54) is 11.9 Å². The maximum absolute atomic E-state index is 11.5. The van der Waals surface area contributed by atoms with Gasteiger partial charge in [0.2, 0.25) is 5.88 Å². The molecule has 3 aromatic rings. The topological polar surface area (TPSA) is 116 Å². The summed E-state index contributed by atoms with van der Waals surface area (Å²) in [4.78, 5) is 15.3. The van der Waals surface area contributed by atoms with Crippen molar-refractivity contribution in [1.82, 2.24) is 9.71 Å². The second-order valence-electron chi connectivity index (χ2n) is 5.99. The molecule has 0 fully saturated rings. The molecule has 0 aliphatic rings. The van der Waals surface area contributed by atoms with E-state index in [9.17, 15) is 9.90 Å². The second-order valence-corrected chi connectivity index (χ2v) is 6.90. The summed E-state index contributed by atoms with van der Waals surface area (Å²) < 4.78 is 3.27. The molecule has 0 saturated heterocycles. The first kappa shape index (κ1) is 18.0. The number of aromatic amines is 1. The van der Waals surface area contributed by atoms with Crippen LogP contribution in [-0.2, 0) is 0 Å². The SMILES string of the molecule is CC(C)NSc1ccc2[nH]c(O)c(N=Nc3ccccc3C(N)=O)c2c1. The number of benzene rings is 2. The van der Waals surface area contributed by atoms with Gasteiger partial charge in [0.05, 0.1) is 16.8 Å². The van der Waals surface area contributed by atoms with Gasteiger partial charge in [-0.25, -0.2) is 0 Å².